The molecule has 0 radical (unpaired) electrons. The van der Waals surface area contributed by atoms with E-state index < -0.39 is 11.8 Å². The highest BCUT2D eigenvalue weighted by Crippen LogP contribution is 2.12. The van der Waals surface area contributed by atoms with Crippen LogP contribution in [0.2, 0.25) is 0 Å². The maximum atomic E-state index is 13.1. The monoisotopic (exact) mass is 422 g/mol. The van der Waals surface area contributed by atoms with Crippen LogP contribution in [0.1, 0.15) is 17.5 Å². The van der Waals surface area contributed by atoms with Gasteiger partial charge < -0.3 is 19.6 Å². The topological polar surface area (TPSA) is 47.1 Å². The van der Waals surface area contributed by atoms with Crippen molar-refractivity contribution in [2.24, 2.45) is 0 Å². The number of piperazine rings is 1. The average molecular weight is 423 g/mol. The van der Waals surface area contributed by atoms with Crippen molar-refractivity contribution in [1.29, 1.82) is 0 Å². The van der Waals surface area contributed by atoms with Crippen molar-refractivity contribution in [3.8, 4) is 0 Å². The van der Waals surface area contributed by atoms with E-state index in [1.54, 1.807) is 16.8 Å². The summed E-state index contributed by atoms with van der Waals surface area (Å²) in [6.45, 7) is 6.66. The Hall–Kier alpha value is -2.70. The molecule has 3 rings (SSSR count). The Kier molecular flexibility index (Phi) is 8.62. The Morgan fingerprint density at radius 3 is 1.84 bits per heavy atom. The zero-order chi connectivity index (χ0) is 22.1. The molecule has 2 aromatic rings. The van der Waals surface area contributed by atoms with Gasteiger partial charge in [0.1, 0.15) is 0 Å². The van der Waals surface area contributed by atoms with Gasteiger partial charge in [-0.3, -0.25) is 9.59 Å². The van der Waals surface area contributed by atoms with Gasteiger partial charge in [-0.25, -0.2) is 0 Å². The van der Waals surface area contributed by atoms with Gasteiger partial charge in [-0.2, -0.15) is 0 Å². The molecule has 0 aromatic heterocycles. The first-order valence-electron chi connectivity index (χ1n) is 11.1. The van der Waals surface area contributed by atoms with Crippen LogP contribution in [-0.2, 0) is 22.7 Å². The van der Waals surface area contributed by atoms with E-state index in [-0.39, 0.29) is 0 Å². The summed E-state index contributed by atoms with van der Waals surface area (Å²) in [6.07, 6.45) is 0.872. The minimum Gasteiger partial charge on any atom is -0.337 e. The Balaban J connectivity index is 1.57. The Morgan fingerprint density at radius 2 is 1.32 bits per heavy atom. The lowest BCUT2D eigenvalue weighted by molar-refractivity contribution is -0.151. The highest BCUT2D eigenvalue weighted by atomic mass is 16.2. The molecule has 0 saturated carbocycles. The summed E-state index contributed by atoms with van der Waals surface area (Å²) in [6, 6.07) is 19.6. The molecule has 1 fully saturated rings. The molecule has 1 heterocycles. The fourth-order valence-electron chi connectivity index (χ4n) is 3.81. The molecule has 0 spiro atoms. The minimum absolute atomic E-state index is 0.412. The molecule has 166 valence electrons. The lowest BCUT2D eigenvalue weighted by atomic mass is 10.1. The van der Waals surface area contributed by atoms with E-state index in [0.29, 0.717) is 19.6 Å². The SMILES string of the molecule is CN1CCN(CCCN(C)C(=O)C(=O)N(Cc2ccccc2)Cc2ccccc2)CC1. The number of carbonyl (C=O) groups excluding carboxylic acids is 2. The van der Waals surface area contributed by atoms with Crippen LogP contribution in [0, 0.1) is 0 Å². The molecule has 31 heavy (non-hydrogen) atoms. The van der Waals surface area contributed by atoms with E-state index in [0.717, 1.165) is 50.3 Å². The molecular formula is C25H34N4O2. The number of benzene rings is 2. The van der Waals surface area contributed by atoms with Gasteiger partial charge >= 0.3 is 11.8 Å². The Morgan fingerprint density at radius 1 is 0.806 bits per heavy atom. The molecule has 2 amide bonds. The quantitative estimate of drug-likeness (QED) is 0.613. The summed E-state index contributed by atoms with van der Waals surface area (Å²) in [7, 11) is 3.87. The molecule has 0 atom stereocenters. The van der Waals surface area contributed by atoms with Crippen molar-refractivity contribution >= 4 is 11.8 Å². The first-order valence-corrected chi connectivity index (χ1v) is 11.1. The van der Waals surface area contributed by atoms with Crippen molar-refractivity contribution in [3.63, 3.8) is 0 Å². The lowest BCUT2D eigenvalue weighted by Crippen LogP contribution is -2.46. The smallest absolute Gasteiger partial charge is 0.312 e. The maximum Gasteiger partial charge on any atom is 0.312 e. The van der Waals surface area contributed by atoms with Gasteiger partial charge in [-0.15, -0.1) is 0 Å². The van der Waals surface area contributed by atoms with Gasteiger partial charge in [0.15, 0.2) is 0 Å². The second-order valence-corrected chi connectivity index (χ2v) is 8.36. The lowest BCUT2D eigenvalue weighted by Gasteiger charge is -2.32. The van der Waals surface area contributed by atoms with Gasteiger partial charge in [0.25, 0.3) is 0 Å². The van der Waals surface area contributed by atoms with Crippen LogP contribution >= 0.6 is 0 Å². The second-order valence-electron chi connectivity index (χ2n) is 8.36. The largest absolute Gasteiger partial charge is 0.337 e. The number of rotatable bonds is 8. The fraction of sp³-hybridized carbons (Fsp3) is 0.440. The molecule has 1 saturated heterocycles. The van der Waals surface area contributed by atoms with E-state index >= 15 is 0 Å². The fourth-order valence-corrected chi connectivity index (χ4v) is 3.81. The number of nitrogens with zero attached hydrogens (tertiary/aromatic N) is 4. The third kappa shape index (κ3) is 7.19. The molecule has 1 aliphatic heterocycles. The normalized spacial score (nSPS) is 14.9. The zero-order valence-electron chi connectivity index (χ0n) is 18.7. The van der Waals surface area contributed by atoms with E-state index in [1.165, 1.54) is 0 Å². The molecule has 1 aliphatic rings. The summed E-state index contributed by atoms with van der Waals surface area (Å²) in [5.41, 5.74) is 2.02. The zero-order valence-corrected chi connectivity index (χ0v) is 18.7. The van der Waals surface area contributed by atoms with Crippen LogP contribution in [0.5, 0.6) is 0 Å². The van der Waals surface area contributed by atoms with Gasteiger partial charge in [0.2, 0.25) is 0 Å². The van der Waals surface area contributed by atoms with Crippen LogP contribution in [-0.4, -0.2) is 84.8 Å². The van der Waals surface area contributed by atoms with Crippen LogP contribution in [0.25, 0.3) is 0 Å². The molecule has 6 nitrogen and oxygen atoms in total. The number of likely N-dealkylation sites (N-methyl/N-ethyl adjacent to an activating group) is 2. The van der Waals surface area contributed by atoms with E-state index in [1.807, 2.05) is 60.7 Å². The Bertz CT molecular complexity index is 778. The summed E-state index contributed by atoms with van der Waals surface area (Å²) in [5, 5.41) is 0. The summed E-state index contributed by atoms with van der Waals surface area (Å²) < 4.78 is 0. The van der Waals surface area contributed by atoms with Crippen LogP contribution < -0.4 is 0 Å². The second kappa shape index (κ2) is 11.6. The number of hydrogen-bond acceptors (Lipinski definition) is 4. The van der Waals surface area contributed by atoms with Crippen molar-refractivity contribution in [2.45, 2.75) is 19.5 Å². The summed E-state index contributed by atoms with van der Waals surface area (Å²) in [4.78, 5) is 34.0. The van der Waals surface area contributed by atoms with Crippen LogP contribution in [0.4, 0.5) is 0 Å². The van der Waals surface area contributed by atoms with Crippen LogP contribution in [0.15, 0.2) is 60.7 Å². The maximum absolute atomic E-state index is 13.1. The Labute approximate surface area is 186 Å². The number of amides is 2. The molecule has 0 bridgehead atoms. The predicted molar refractivity (Wildman–Crippen MR) is 123 cm³/mol. The third-order valence-electron chi connectivity index (χ3n) is 5.81. The number of hydrogen-bond donors (Lipinski definition) is 0. The first kappa shape index (κ1) is 23.0. The van der Waals surface area contributed by atoms with Crippen molar-refractivity contribution in [1.82, 2.24) is 19.6 Å². The van der Waals surface area contributed by atoms with Crippen LogP contribution in [0.3, 0.4) is 0 Å². The van der Waals surface area contributed by atoms with Crippen molar-refractivity contribution in [3.05, 3.63) is 71.8 Å². The highest BCUT2D eigenvalue weighted by Gasteiger charge is 2.25. The summed E-state index contributed by atoms with van der Waals surface area (Å²) in [5.74, 6) is -0.889. The average Bonchev–Trinajstić information content (AvgIpc) is 2.80. The molecule has 2 aromatic carbocycles. The number of carbonyl (C=O) groups is 2. The third-order valence-corrected chi connectivity index (χ3v) is 5.81. The van der Waals surface area contributed by atoms with Crippen molar-refractivity contribution in [2.75, 3.05) is 53.4 Å². The molecule has 0 aliphatic carbocycles. The van der Waals surface area contributed by atoms with Gasteiger partial charge in [-0.1, -0.05) is 60.7 Å². The molecular weight excluding hydrogens is 388 g/mol. The predicted octanol–water partition coefficient (Wildman–Crippen LogP) is 2.31. The minimum atomic E-state index is -0.449. The van der Waals surface area contributed by atoms with E-state index in [9.17, 15) is 9.59 Å². The van der Waals surface area contributed by atoms with Gasteiger partial charge in [0, 0.05) is 52.9 Å². The molecule has 6 heteroatoms. The van der Waals surface area contributed by atoms with Gasteiger partial charge in [-0.05, 0) is 31.1 Å². The van der Waals surface area contributed by atoms with Gasteiger partial charge in [0.05, 0.1) is 0 Å². The highest BCUT2D eigenvalue weighted by molar-refractivity contribution is 6.34. The summed E-state index contributed by atoms with van der Waals surface area (Å²) >= 11 is 0. The van der Waals surface area contributed by atoms with Crippen molar-refractivity contribution < 1.29 is 9.59 Å². The van der Waals surface area contributed by atoms with E-state index in [2.05, 4.69) is 16.8 Å². The van der Waals surface area contributed by atoms with E-state index in [4.69, 9.17) is 0 Å². The first-order chi connectivity index (χ1) is 15.0. The standard InChI is InChI=1S/C25H34N4O2/c1-26-16-18-28(19-17-26)15-9-14-27(2)24(30)25(31)29(20-22-10-5-3-6-11-22)21-23-12-7-4-8-13-23/h3-8,10-13H,9,14-21H2,1-2H3. The molecule has 0 N–H and O–H groups in total. The molecule has 0 unspecified atom stereocenters.